The number of carbonyl (C=O) groups excluding carboxylic acids is 1. The van der Waals surface area contributed by atoms with Crippen molar-refractivity contribution in [3.63, 3.8) is 0 Å². The Hall–Kier alpha value is -3.39. The molecule has 204 valence electrons. The van der Waals surface area contributed by atoms with Crippen molar-refractivity contribution in [2.24, 2.45) is 5.41 Å². The van der Waals surface area contributed by atoms with Crippen molar-refractivity contribution in [1.82, 2.24) is 0 Å². The highest BCUT2D eigenvalue weighted by Crippen LogP contribution is 2.40. The number of rotatable bonds is 11. The fraction of sp³-hybridized carbons (Fsp3) is 0.361. The van der Waals surface area contributed by atoms with E-state index in [9.17, 15) is 4.79 Å². The SMILES string of the molecule is COC(=O)C(C)=CC=CC(C)=CC=CC(C)=CC=CC=C(C)C=CC=C(C)C=CC1=C(C)CCCC1(C)C. The quantitative estimate of drug-likeness (QED) is 0.156. The molecule has 0 heterocycles. The molecule has 0 saturated carbocycles. The molecule has 2 heteroatoms. The number of ether oxygens (including phenoxy) is 1. The third-order valence-electron chi connectivity index (χ3n) is 6.53. The molecule has 1 aliphatic carbocycles. The fourth-order valence-electron chi connectivity index (χ4n) is 4.14. The van der Waals surface area contributed by atoms with Gasteiger partial charge in [-0.2, -0.15) is 0 Å². The average Bonchev–Trinajstić information content (AvgIpc) is 2.85. The maximum absolute atomic E-state index is 11.4. The van der Waals surface area contributed by atoms with Gasteiger partial charge < -0.3 is 4.74 Å². The van der Waals surface area contributed by atoms with Crippen molar-refractivity contribution >= 4 is 5.97 Å². The highest BCUT2D eigenvalue weighted by atomic mass is 16.5. The van der Waals surface area contributed by atoms with Crippen LogP contribution in [0.5, 0.6) is 0 Å². The smallest absolute Gasteiger partial charge is 0.333 e. The number of methoxy groups -OCH3 is 1. The molecule has 0 aliphatic heterocycles. The van der Waals surface area contributed by atoms with Gasteiger partial charge in [-0.05, 0) is 71.8 Å². The highest BCUT2D eigenvalue weighted by Gasteiger charge is 2.26. The van der Waals surface area contributed by atoms with Crippen LogP contribution in [0, 0.1) is 5.41 Å². The van der Waals surface area contributed by atoms with Gasteiger partial charge in [0.1, 0.15) is 0 Å². The molecule has 0 fully saturated rings. The standard InChI is InChI=1S/C36H48O2/c1-28(18-12-20-30(3)22-14-23-33(6)35(37)38-9)16-10-11-17-29(2)19-13-21-31(4)25-26-34-32(5)24-15-27-36(34,7)8/h10-14,16-23,25-26H,15,24,27H2,1-9H3. The predicted octanol–water partition coefficient (Wildman–Crippen LogP) is 10.2. The van der Waals surface area contributed by atoms with Gasteiger partial charge in [0.25, 0.3) is 0 Å². The molecule has 0 aromatic carbocycles. The lowest BCUT2D eigenvalue weighted by Crippen LogP contribution is -2.19. The Morgan fingerprint density at radius 1 is 0.711 bits per heavy atom. The minimum absolute atomic E-state index is 0.279. The zero-order valence-electron chi connectivity index (χ0n) is 25.1. The van der Waals surface area contributed by atoms with Gasteiger partial charge in [0.15, 0.2) is 0 Å². The van der Waals surface area contributed by atoms with Crippen molar-refractivity contribution in [3.8, 4) is 0 Å². The van der Waals surface area contributed by atoms with E-state index < -0.39 is 0 Å². The molecule has 0 radical (unpaired) electrons. The molecular weight excluding hydrogens is 464 g/mol. The van der Waals surface area contributed by atoms with E-state index in [1.165, 1.54) is 48.7 Å². The van der Waals surface area contributed by atoms with Crippen LogP contribution in [0.25, 0.3) is 0 Å². The zero-order valence-corrected chi connectivity index (χ0v) is 25.1. The van der Waals surface area contributed by atoms with E-state index >= 15 is 0 Å². The summed E-state index contributed by atoms with van der Waals surface area (Å²) in [6.45, 7) is 17.1. The first-order valence-electron chi connectivity index (χ1n) is 13.5. The van der Waals surface area contributed by atoms with Gasteiger partial charge in [-0.15, -0.1) is 0 Å². The Morgan fingerprint density at radius 2 is 1.16 bits per heavy atom. The van der Waals surface area contributed by atoms with Crippen LogP contribution in [0.2, 0.25) is 0 Å². The molecule has 1 aliphatic rings. The first kappa shape index (κ1) is 32.6. The fourth-order valence-corrected chi connectivity index (χ4v) is 4.14. The molecule has 0 aromatic rings. The van der Waals surface area contributed by atoms with E-state index in [0.717, 1.165) is 11.1 Å². The van der Waals surface area contributed by atoms with Gasteiger partial charge in [-0.3, -0.25) is 0 Å². The molecule has 0 spiro atoms. The summed E-state index contributed by atoms with van der Waals surface area (Å²) in [5, 5.41) is 0. The van der Waals surface area contributed by atoms with Gasteiger partial charge in [0.2, 0.25) is 0 Å². The van der Waals surface area contributed by atoms with Gasteiger partial charge in [0.05, 0.1) is 7.11 Å². The lowest BCUT2D eigenvalue weighted by atomic mass is 9.72. The molecule has 38 heavy (non-hydrogen) atoms. The third kappa shape index (κ3) is 13.2. The Labute approximate surface area is 232 Å². The predicted molar refractivity (Wildman–Crippen MR) is 167 cm³/mol. The van der Waals surface area contributed by atoms with Gasteiger partial charge in [0, 0.05) is 5.57 Å². The summed E-state index contributed by atoms with van der Waals surface area (Å²) >= 11 is 0. The van der Waals surface area contributed by atoms with Gasteiger partial charge >= 0.3 is 5.97 Å². The van der Waals surface area contributed by atoms with Crippen LogP contribution in [-0.2, 0) is 9.53 Å². The Bertz CT molecular complexity index is 1150. The molecule has 0 atom stereocenters. The first-order chi connectivity index (χ1) is 18.0. The van der Waals surface area contributed by atoms with Crippen molar-refractivity contribution in [2.45, 2.75) is 74.7 Å². The van der Waals surface area contributed by atoms with Crippen molar-refractivity contribution in [1.29, 1.82) is 0 Å². The van der Waals surface area contributed by atoms with Gasteiger partial charge in [-0.1, -0.05) is 133 Å². The Kier molecular flexibility index (Phi) is 14.8. The number of carbonyl (C=O) groups is 1. The second-order valence-corrected chi connectivity index (χ2v) is 10.7. The molecule has 2 nitrogen and oxygen atoms in total. The molecule has 0 bridgehead atoms. The summed E-state index contributed by atoms with van der Waals surface area (Å²) in [6, 6.07) is 0. The van der Waals surface area contributed by atoms with Crippen molar-refractivity contribution in [2.75, 3.05) is 7.11 Å². The van der Waals surface area contributed by atoms with Crippen LogP contribution >= 0.6 is 0 Å². The van der Waals surface area contributed by atoms with Crippen LogP contribution in [0.15, 0.2) is 130 Å². The zero-order chi connectivity index (χ0) is 28.6. The van der Waals surface area contributed by atoms with E-state index in [2.05, 4.69) is 107 Å². The summed E-state index contributed by atoms with van der Waals surface area (Å²) in [4.78, 5) is 11.4. The molecule has 0 aromatic heterocycles. The number of hydrogen-bond acceptors (Lipinski definition) is 2. The second-order valence-electron chi connectivity index (χ2n) is 10.7. The number of hydrogen-bond donors (Lipinski definition) is 0. The van der Waals surface area contributed by atoms with E-state index in [1.54, 1.807) is 13.0 Å². The summed E-state index contributed by atoms with van der Waals surface area (Å²) in [5.74, 6) is -0.312. The van der Waals surface area contributed by atoms with E-state index in [4.69, 9.17) is 0 Å². The first-order valence-corrected chi connectivity index (χ1v) is 13.5. The summed E-state index contributed by atoms with van der Waals surface area (Å²) in [7, 11) is 1.38. The monoisotopic (exact) mass is 512 g/mol. The van der Waals surface area contributed by atoms with Crippen LogP contribution in [0.4, 0.5) is 0 Å². The normalized spacial score (nSPS) is 18.8. The lowest BCUT2D eigenvalue weighted by Gasteiger charge is -2.32. The number of esters is 1. The minimum Gasteiger partial charge on any atom is -0.466 e. The second kappa shape index (κ2) is 17.2. The minimum atomic E-state index is -0.312. The van der Waals surface area contributed by atoms with Crippen molar-refractivity contribution < 1.29 is 9.53 Å². The van der Waals surface area contributed by atoms with Crippen LogP contribution in [0.1, 0.15) is 74.7 Å². The Morgan fingerprint density at radius 3 is 1.63 bits per heavy atom. The number of allylic oxidation sites excluding steroid dienone is 21. The molecular formula is C36H48O2. The van der Waals surface area contributed by atoms with E-state index in [-0.39, 0.29) is 11.4 Å². The molecule has 0 saturated heterocycles. The highest BCUT2D eigenvalue weighted by molar-refractivity contribution is 5.87. The largest absolute Gasteiger partial charge is 0.466 e. The van der Waals surface area contributed by atoms with E-state index in [0.29, 0.717) is 5.57 Å². The maximum Gasteiger partial charge on any atom is 0.333 e. The van der Waals surface area contributed by atoms with Crippen LogP contribution in [-0.4, -0.2) is 13.1 Å². The molecule has 1 rings (SSSR count). The average molecular weight is 513 g/mol. The van der Waals surface area contributed by atoms with Crippen LogP contribution in [0.3, 0.4) is 0 Å². The topological polar surface area (TPSA) is 26.3 Å². The maximum atomic E-state index is 11.4. The van der Waals surface area contributed by atoms with E-state index in [1.807, 2.05) is 31.2 Å². The third-order valence-corrected chi connectivity index (χ3v) is 6.53. The van der Waals surface area contributed by atoms with Crippen molar-refractivity contribution in [3.05, 3.63) is 130 Å². The molecule has 0 unspecified atom stereocenters. The summed E-state index contributed by atoms with van der Waals surface area (Å²) < 4.78 is 4.68. The van der Waals surface area contributed by atoms with Crippen LogP contribution < -0.4 is 0 Å². The Balaban J connectivity index is 2.62. The lowest BCUT2D eigenvalue weighted by molar-refractivity contribution is -0.136. The summed E-state index contributed by atoms with van der Waals surface area (Å²) in [6.07, 6.45) is 34.8. The molecule has 0 N–H and O–H groups in total. The van der Waals surface area contributed by atoms with Gasteiger partial charge in [-0.25, -0.2) is 4.79 Å². The molecule has 0 amide bonds. The summed E-state index contributed by atoms with van der Waals surface area (Å²) in [5.41, 5.74) is 8.59.